The third-order valence-corrected chi connectivity index (χ3v) is 3.00. The van der Waals surface area contributed by atoms with Crippen molar-refractivity contribution in [1.29, 1.82) is 0 Å². The van der Waals surface area contributed by atoms with Gasteiger partial charge in [0.25, 0.3) is 5.56 Å². The van der Waals surface area contributed by atoms with Crippen molar-refractivity contribution in [2.24, 2.45) is 0 Å². The number of nitrogens with zero attached hydrogens (tertiary/aromatic N) is 1. The summed E-state index contributed by atoms with van der Waals surface area (Å²) in [6.07, 6.45) is 0. The molecule has 20 heavy (non-hydrogen) atoms. The first-order chi connectivity index (χ1) is 9.58. The zero-order valence-electron chi connectivity index (χ0n) is 10.2. The van der Waals surface area contributed by atoms with Crippen LogP contribution in [0.3, 0.4) is 0 Å². The van der Waals surface area contributed by atoms with Gasteiger partial charge in [-0.2, -0.15) is 0 Å². The molecule has 0 fully saturated rings. The van der Waals surface area contributed by atoms with Gasteiger partial charge in [-0.1, -0.05) is 12.1 Å². The van der Waals surface area contributed by atoms with E-state index < -0.39 is 11.2 Å². The second kappa shape index (κ2) is 4.27. The lowest BCUT2D eigenvalue weighted by molar-refractivity contribution is 0.474. The summed E-state index contributed by atoms with van der Waals surface area (Å²) in [4.78, 5) is 26.9. The van der Waals surface area contributed by atoms with Gasteiger partial charge in [-0.05, 0) is 24.3 Å². The number of rotatable bonds is 1. The molecule has 6 heteroatoms. The number of para-hydroxylation sites is 1. The molecule has 0 amide bonds. The molecule has 0 bridgehead atoms. The number of benzene rings is 2. The molecule has 0 unspecified atom stereocenters. The lowest BCUT2D eigenvalue weighted by atomic mass is 10.2. The highest BCUT2D eigenvalue weighted by atomic mass is 16.3. The van der Waals surface area contributed by atoms with E-state index in [2.05, 4.69) is 4.98 Å². The maximum absolute atomic E-state index is 12.4. The third-order valence-electron chi connectivity index (χ3n) is 3.00. The molecular weight excluding hydrogens is 260 g/mol. The van der Waals surface area contributed by atoms with Gasteiger partial charge in [-0.25, -0.2) is 9.36 Å². The van der Waals surface area contributed by atoms with Gasteiger partial charge in [0.1, 0.15) is 11.5 Å². The number of aromatic nitrogens is 2. The summed E-state index contributed by atoms with van der Waals surface area (Å²) in [6.45, 7) is 0. The van der Waals surface area contributed by atoms with Gasteiger partial charge in [0.15, 0.2) is 0 Å². The van der Waals surface area contributed by atoms with Crippen molar-refractivity contribution in [2.45, 2.75) is 0 Å². The standard InChI is InChI=1S/C14H10N2O4/c17-9-4-1-3-8(7-9)16-13(19)10-5-2-6-11(18)12(10)15-14(16)20/h1-7,17-18H,(H,15,20). The summed E-state index contributed by atoms with van der Waals surface area (Å²) in [5.74, 6) is -0.218. The van der Waals surface area contributed by atoms with Crippen LogP contribution in [0.1, 0.15) is 0 Å². The zero-order valence-corrected chi connectivity index (χ0v) is 10.2. The monoisotopic (exact) mass is 270 g/mol. The largest absolute Gasteiger partial charge is 0.508 e. The molecule has 0 atom stereocenters. The van der Waals surface area contributed by atoms with Crippen molar-refractivity contribution in [1.82, 2.24) is 9.55 Å². The van der Waals surface area contributed by atoms with Gasteiger partial charge in [0, 0.05) is 6.07 Å². The van der Waals surface area contributed by atoms with E-state index in [4.69, 9.17) is 0 Å². The topological polar surface area (TPSA) is 95.3 Å². The van der Waals surface area contributed by atoms with E-state index in [0.29, 0.717) is 0 Å². The first-order valence-electron chi connectivity index (χ1n) is 5.84. The summed E-state index contributed by atoms with van der Waals surface area (Å²) in [6, 6.07) is 10.2. The molecule has 3 N–H and O–H groups in total. The number of phenolic OH excluding ortho intramolecular Hbond substituents is 2. The summed E-state index contributed by atoms with van der Waals surface area (Å²) in [5, 5.41) is 19.3. The van der Waals surface area contributed by atoms with E-state index in [1.165, 1.54) is 42.5 Å². The lowest BCUT2D eigenvalue weighted by Gasteiger charge is -2.07. The molecule has 1 heterocycles. The van der Waals surface area contributed by atoms with E-state index in [1.807, 2.05) is 0 Å². The molecule has 0 aliphatic heterocycles. The highest BCUT2D eigenvalue weighted by molar-refractivity contribution is 5.83. The molecular formula is C14H10N2O4. The normalized spacial score (nSPS) is 10.8. The molecule has 0 saturated heterocycles. The summed E-state index contributed by atoms with van der Waals surface area (Å²) in [7, 11) is 0. The number of aromatic amines is 1. The van der Waals surface area contributed by atoms with Crippen LogP contribution >= 0.6 is 0 Å². The van der Waals surface area contributed by atoms with E-state index in [-0.39, 0.29) is 28.1 Å². The van der Waals surface area contributed by atoms with Gasteiger partial charge in [0.05, 0.1) is 16.6 Å². The highest BCUT2D eigenvalue weighted by Gasteiger charge is 2.11. The molecule has 0 aliphatic carbocycles. The Balaban J connectivity index is 2.44. The molecule has 1 aromatic heterocycles. The van der Waals surface area contributed by atoms with Crippen LogP contribution in [-0.4, -0.2) is 19.8 Å². The van der Waals surface area contributed by atoms with Crippen molar-refractivity contribution in [3.63, 3.8) is 0 Å². The van der Waals surface area contributed by atoms with Crippen LogP contribution in [0.5, 0.6) is 11.5 Å². The van der Waals surface area contributed by atoms with Crippen LogP contribution in [0.15, 0.2) is 52.1 Å². The number of nitrogens with one attached hydrogen (secondary N) is 1. The van der Waals surface area contributed by atoms with Gasteiger partial charge in [-0.3, -0.25) is 4.79 Å². The Morgan fingerprint density at radius 3 is 2.50 bits per heavy atom. The molecule has 6 nitrogen and oxygen atoms in total. The molecule has 3 aromatic rings. The molecule has 0 spiro atoms. The second-order valence-electron chi connectivity index (χ2n) is 4.29. The predicted octanol–water partition coefficient (Wildman–Crippen LogP) is 1.09. The van der Waals surface area contributed by atoms with E-state index >= 15 is 0 Å². The summed E-state index contributed by atoms with van der Waals surface area (Å²) < 4.78 is 0.904. The van der Waals surface area contributed by atoms with Gasteiger partial charge < -0.3 is 15.2 Å². The Kier molecular flexibility index (Phi) is 2.57. The molecule has 0 radical (unpaired) electrons. The van der Waals surface area contributed by atoms with Crippen LogP contribution in [0.2, 0.25) is 0 Å². The van der Waals surface area contributed by atoms with Gasteiger partial charge in [0.2, 0.25) is 0 Å². The third kappa shape index (κ3) is 1.74. The lowest BCUT2D eigenvalue weighted by Crippen LogP contribution is -2.33. The molecule has 0 aliphatic rings. The van der Waals surface area contributed by atoms with Gasteiger partial charge >= 0.3 is 5.69 Å². The smallest absolute Gasteiger partial charge is 0.333 e. The molecule has 2 aromatic carbocycles. The second-order valence-corrected chi connectivity index (χ2v) is 4.29. The summed E-state index contributed by atoms with van der Waals surface area (Å²) in [5.41, 5.74) is -0.903. The number of fused-ring (bicyclic) bond motifs is 1. The quantitative estimate of drug-likeness (QED) is 0.616. The Hall–Kier alpha value is -3.02. The van der Waals surface area contributed by atoms with Crippen molar-refractivity contribution >= 4 is 10.9 Å². The summed E-state index contributed by atoms with van der Waals surface area (Å²) >= 11 is 0. The Bertz CT molecular complexity index is 924. The number of aromatic hydroxyl groups is 2. The molecule has 3 rings (SSSR count). The number of phenols is 2. The fourth-order valence-corrected chi connectivity index (χ4v) is 2.09. The molecule has 0 saturated carbocycles. The number of H-pyrrole nitrogens is 1. The van der Waals surface area contributed by atoms with Gasteiger partial charge in [-0.15, -0.1) is 0 Å². The van der Waals surface area contributed by atoms with Crippen molar-refractivity contribution in [3.8, 4) is 17.2 Å². The predicted molar refractivity (Wildman–Crippen MR) is 73.5 cm³/mol. The van der Waals surface area contributed by atoms with E-state index in [0.717, 1.165) is 4.57 Å². The van der Waals surface area contributed by atoms with Crippen LogP contribution in [-0.2, 0) is 0 Å². The zero-order chi connectivity index (χ0) is 14.3. The van der Waals surface area contributed by atoms with Crippen molar-refractivity contribution in [2.75, 3.05) is 0 Å². The van der Waals surface area contributed by atoms with E-state index in [9.17, 15) is 19.8 Å². The minimum absolute atomic E-state index is 0.0511. The van der Waals surface area contributed by atoms with Crippen molar-refractivity contribution in [3.05, 3.63) is 63.3 Å². The average Bonchev–Trinajstić information content (AvgIpc) is 2.40. The van der Waals surface area contributed by atoms with Crippen LogP contribution in [0.25, 0.3) is 16.6 Å². The Labute approximate surface area is 112 Å². The minimum atomic E-state index is -0.686. The first-order valence-corrected chi connectivity index (χ1v) is 5.84. The van der Waals surface area contributed by atoms with Crippen LogP contribution < -0.4 is 11.2 Å². The maximum atomic E-state index is 12.4. The van der Waals surface area contributed by atoms with Crippen molar-refractivity contribution < 1.29 is 10.2 Å². The minimum Gasteiger partial charge on any atom is -0.508 e. The Morgan fingerprint density at radius 2 is 1.75 bits per heavy atom. The first kappa shape index (κ1) is 12.0. The van der Waals surface area contributed by atoms with Crippen LogP contribution in [0.4, 0.5) is 0 Å². The van der Waals surface area contributed by atoms with E-state index in [1.54, 1.807) is 0 Å². The SMILES string of the molecule is O=c1[nH]c2c(O)cccc2c(=O)n1-c1cccc(O)c1. The van der Waals surface area contributed by atoms with Crippen LogP contribution in [0, 0.1) is 0 Å². The maximum Gasteiger partial charge on any atom is 0.333 e. The average molecular weight is 270 g/mol. The molecule has 100 valence electrons. The number of hydrogen-bond donors (Lipinski definition) is 3. The fraction of sp³-hybridized carbons (Fsp3) is 0. The Morgan fingerprint density at radius 1 is 1.00 bits per heavy atom. The highest BCUT2D eigenvalue weighted by Crippen LogP contribution is 2.19. The number of hydrogen-bond acceptors (Lipinski definition) is 4. The fourth-order valence-electron chi connectivity index (χ4n) is 2.09.